The van der Waals surface area contributed by atoms with Gasteiger partial charge in [0.1, 0.15) is 0 Å². The van der Waals surface area contributed by atoms with E-state index >= 15 is 0 Å². The van der Waals surface area contributed by atoms with Crippen LogP contribution in [-0.2, 0) is 11.2 Å². The second-order valence-corrected chi connectivity index (χ2v) is 6.57. The van der Waals surface area contributed by atoms with Crippen LogP contribution in [0.5, 0.6) is 0 Å². The molecule has 1 heterocycles. The maximum atomic E-state index is 12.2. The fourth-order valence-corrected chi connectivity index (χ4v) is 3.25. The number of nitrogens with one attached hydrogen (secondary N) is 2. The summed E-state index contributed by atoms with van der Waals surface area (Å²) >= 11 is 1.45. The predicted molar refractivity (Wildman–Crippen MR) is 95.2 cm³/mol. The Labute approximate surface area is 148 Å². The molecule has 128 valence electrons. The lowest BCUT2D eigenvalue weighted by Gasteiger charge is -2.17. The number of fused-ring (bicyclic) bond motifs is 1. The van der Waals surface area contributed by atoms with Crippen LogP contribution in [0.3, 0.4) is 0 Å². The van der Waals surface area contributed by atoms with Crippen LogP contribution < -0.4 is 10.6 Å². The Morgan fingerprint density at radius 1 is 1.12 bits per heavy atom. The van der Waals surface area contributed by atoms with Crippen LogP contribution in [0.1, 0.15) is 26.3 Å². The number of hydrogen-bond donors (Lipinski definition) is 3. The van der Waals surface area contributed by atoms with Gasteiger partial charge < -0.3 is 15.7 Å². The van der Waals surface area contributed by atoms with Crippen molar-refractivity contribution < 1.29 is 19.5 Å². The van der Waals surface area contributed by atoms with E-state index in [2.05, 4.69) is 10.6 Å². The highest BCUT2D eigenvalue weighted by Crippen LogP contribution is 2.31. The molecular weight excluding hydrogens is 340 g/mol. The Bertz CT molecular complexity index is 833. The zero-order valence-electron chi connectivity index (χ0n) is 13.2. The van der Waals surface area contributed by atoms with Crippen molar-refractivity contribution in [3.05, 3.63) is 59.2 Å². The van der Waals surface area contributed by atoms with Crippen LogP contribution in [0.4, 0.5) is 5.69 Å². The van der Waals surface area contributed by atoms with E-state index in [0.717, 1.165) is 10.5 Å². The molecule has 0 aromatic heterocycles. The first kappa shape index (κ1) is 17.0. The molecule has 3 N–H and O–H groups in total. The van der Waals surface area contributed by atoms with Gasteiger partial charge >= 0.3 is 5.97 Å². The van der Waals surface area contributed by atoms with Crippen LogP contribution in [-0.4, -0.2) is 35.2 Å². The van der Waals surface area contributed by atoms with Gasteiger partial charge in [0, 0.05) is 17.0 Å². The number of hydrogen-bond acceptors (Lipinski definition) is 4. The highest BCUT2D eigenvalue weighted by molar-refractivity contribution is 8.00. The molecule has 2 amide bonds. The van der Waals surface area contributed by atoms with Crippen molar-refractivity contribution in [1.29, 1.82) is 0 Å². The summed E-state index contributed by atoms with van der Waals surface area (Å²) in [6.07, 6.45) is 0.600. The Morgan fingerprint density at radius 3 is 2.56 bits per heavy atom. The third-order valence-corrected chi connectivity index (χ3v) is 4.85. The van der Waals surface area contributed by atoms with E-state index in [1.807, 2.05) is 6.07 Å². The van der Waals surface area contributed by atoms with Crippen LogP contribution in [0.25, 0.3) is 0 Å². The molecule has 7 heteroatoms. The largest absolute Gasteiger partial charge is 0.478 e. The molecule has 0 saturated carbocycles. The number of carboxylic acids is 1. The summed E-state index contributed by atoms with van der Waals surface area (Å²) in [4.78, 5) is 35.4. The maximum absolute atomic E-state index is 12.2. The molecule has 3 rings (SSSR count). The number of benzene rings is 2. The van der Waals surface area contributed by atoms with Crippen molar-refractivity contribution >= 4 is 35.2 Å². The van der Waals surface area contributed by atoms with E-state index < -0.39 is 5.97 Å². The predicted octanol–water partition coefficient (Wildman–Crippen LogP) is 2.40. The van der Waals surface area contributed by atoms with Gasteiger partial charge in [-0.05, 0) is 42.3 Å². The molecule has 0 radical (unpaired) electrons. The van der Waals surface area contributed by atoms with E-state index in [-0.39, 0.29) is 17.4 Å². The minimum absolute atomic E-state index is 0.0696. The van der Waals surface area contributed by atoms with Crippen molar-refractivity contribution in [2.24, 2.45) is 0 Å². The third-order valence-electron chi connectivity index (χ3n) is 3.77. The smallest absolute Gasteiger partial charge is 0.335 e. The van der Waals surface area contributed by atoms with Gasteiger partial charge in [-0.25, -0.2) is 4.79 Å². The highest BCUT2D eigenvalue weighted by Gasteiger charge is 2.17. The lowest BCUT2D eigenvalue weighted by Crippen LogP contribution is -2.26. The number of carbonyl (C=O) groups excluding carboxylic acids is 2. The SMILES string of the molecule is O=C1CSc2ccc(C(=O)NCCc3ccc(C(=O)O)cc3)cc2N1. The van der Waals surface area contributed by atoms with E-state index in [0.29, 0.717) is 30.0 Å². The molecule has 0 fully saturated rings. The molecule has 2 aromatic rings. The molecule has 0 bridgehead atoms. The standard InChI is InChI=1S/C18H16N2O4S/c21-16-10-25-15-6-5-13(9-14(15)20-16)17(22)19-8-7-11-1-3-12(4-2-11)18(23)24/h1-6,9H,7-8,10H2,(H,19,22)(H,20,21)(H,23,24). The van der Waals surface area contributed by atoms with Crippen molar-refractivity contribution in [2.45, 2.75) is 11.3 Å². The highest BCUT2D eigenvalue weighted by atomic mass is 32.2. The number of carboxylic acid groups (broad SMARTS) is 1. The minimum Gasteiger partial charge on any atom is -0.478 e. The van der Waals surface area contributed by atoms with Crippen LogP contribution in [0, 0.1) is 0 Å². The van der Waals surface area contributed by atoms with Gasteiger partial charge in [0.15, 0.2) is 0 Å². The molecule has 0 aliphatic carbocycles. The van der Waals surface area contributed by atoms with Gasteiger partial charge in [-0.1, -0.05) is 12.1 Å². The summed E-state index contributed by atoms with van der Waals surface area (Å²) in [5.74, 6) is -0.855. The van der Waals surface area contributed by atoms with Crippen molar-refractivity contribution in [1.82, 2.24) is 5.32 Å². The summed E-state index contributed by atoms with van der Waals surface area (Å²) in [6.45, 7) is 0.434. The van der Waals surface area contributed by atoms with Crippen molar-refractivity contribution in [3.63, 3.8) is 0 Å². The molecule has 1 aliphatic rings. The molecule has 1 aliphatic heterocycles. The normalized spacial score (nSPS) is 12.9. The topological polar surface area (TPSA) is 95.5 Å². The summed E-state index contributed by atoms with van der Waals surface area (Å²) in [7, 11) is 0. The Balaban J connectivity index is 1.56. The Hall–Kier alpha value is -2.80. The van der Waals surface area contributed by atoms with Crippen LogP contribution in [0.15, 0.2) is 47.4 Å². The first-order valence-electron chi connectivity index (χ1n) is 7.70. The van der Waals surface area contributed by atoms with Gasteiger partial charge in [0.25, 0.3) is 5.91 Å². The first-order chi connectivity index (χ1) is 12.0. The van der Waals surface area contributed by atoms with Crippen LogP contribution in [0.2, 0.25) is 0 Å². The van der Waals surface area contributed by atoms with Gasteiger partial charge in [-0.2, -0.15) is 0 Å². The second-order valence-electron chi connectivity index (χ2n) is 5.56. The first-order valence-corrected chi connectivity index (χ1v) is 8.68. The monoisotopic (exact) mass is 356 g/mol. The average Bonchev–Trinajstić information content (AvgIpc) is 2.61. The molecule has 6 nitrogen and oxygen atoms in total. The van der Waals surface area contributed by atoms with Gasteiger partial charge in [0.2, 0.25) is 5.91 Å². The molecular formula is C18H16N2O4S. The van der Waals surface area contributed by atoms with E-state index in [9.17, 15) is 14.4 Å². The van der Waals surface area contributed by atoms with Gasteiger partial charge in [-0.15, -0.1) is 11.8 Å². The number of anilines is 1. The Morgan fingerprint density at radius 2 is 1.84 bits per heavy atom. The molecule has 0 unspecified atom stereocenters. The summed E-state index contributed by atoms with van der Waals surface area (Å²) in [5.41, 5.74) is 2.34. The van der Waals surface area contributed by atoms with Crippen molar-refractivity contribution in [2.75, 3.05) is 17.6 Å². The van der Waals surface area contributed by atoms with E-state index in [1.165, 1.54) is 11.8 Å². The van der Waals surface area contributed by atoms with Crippen molar-refractivity contribution in [3.8, 4) is 0 Å². The second kappa shape index (κ2) is 7.40. The lowest BCUT2D eigenvalue weighted by atomic mass is 10.1. The Kier molecular flexibility index (Phi) is 5.04. The molecule has 0 spiro atoms. The van der Waals surface area contributed by atoms with Gasteiger partial charge in [-0.3, -0.25) is 9.59 Å². The fourth-order valence-electron chi connectivity index (χ4n) is 2.46. The summed E-state index contributed by atoms with van der Waals surface area (Å²) in [6, 6.07) is 11.8. The number of amides is 2. The number of thioether (sulfide) groups is 1. The van der Waals surface area contributed by atoms with E-state index in [4.69, 9.17) is 5.11 Å². The molecule has 2 aromatic carbocycles. The average molecular weight is 356 g/mol. The van der Waals surface area contributed by atoms with Crippen LogP contribution >= 0.6 is 11.8 Å². The maximum Gasteiger partial charge on any atom is 0.335 e. The zero-order valence-corrected chi connectivity index (χ0v) is 14.1. The molecule has 25 heavy (non-hydrogen) atoms. The minimum atomic E-state index is -0.961. The lowest BCUT2D eigenvalue weighted by molar-refractivity contribution is -0.113. The zero-order chi connectivity index (χ0) is 17.8. The quantitative estimate of drug-likeness (QED) is 0.765. The third kappa shape index (κ3) is 4.19. The molecule has 0 saturated heterocycles. The fraction of sp³-hybridized carbons (Fsp3) is 0.167. The summed E-state index contributed by atoms with van der Waals surface area (Å²) in [5, 5.41) is 14.5. The number of carbonyl (C=O) groups is 3. The molecule has 0 atom stereocenters. The van der Waals surface area contributed by atoms with E-state index in [1.54, 1.807) is 36.4 Å². The van der Waals surface area contributed by atoms with Gasteiger partial charge in [0.05, 0.1) is 17.0 Å². The summed E-state index contributed by atoms with van der Waals surface area (Å²) < 4.78 is 0. The number of rotatable bonds is 5. The number of aromatic carboxylic acids is 1.